The van der Waals surface area contributed by atoms with E-state index in [9.17, 15) is 18.0 Å². The molecule has 0 aliphatic rings. The maximum atomic E-state index is 14.1. The quantitative estimate of drug-likeness (QED) is 0.307. The highest BCUT2D eigenvalue weighted by molar-refractivity contribution is 9.10. The number of rotatable bonds is 11. The molecule has 0 aliphatic heterocycles. The summed E-state index contributed by atoms with van der Waals surface area (Å²) in [5, 5.41) is 2.97. The highest BCUT2D eigenvalue weighted by Crippen LogP contribution is 2.27. The Morgan fingerprint density at radius 1 is 0.975 bits per heavy atom. The zero-order valence-corrected chi connectivity index (χ0v) is 25.8. The van der Waals surface area contributed by atoms with Crippen molar-refractivity contribution in [2.75, 3.05) is 18.0 Å². The normalized spacial score (nSPS) is 12.3. The first-order valence-corrected chi connectivity index (χ1v) is 15.2. The Hall–Kier alpha value is -3.37. The van der Waals surface area contributed by atoms with E-state index >= 15 is 0 Å². The number of nitrogens with zero attached hydrogens (tertiary/aromatic N) is 2. The molecule has 0 saturated heterocycles. The van der Waals surface area contributed by atoms with Gasteiger partial charge in [-0.1, -0.05) is 59.3 Å². The van der Waals surface area contributed by atoms with Crippen molar-refractivity contribution in [2.24, 2.45) is 0 Å². The molecule has 0 unspecified atom stereocenters. The second-order valence-electron chi connectivity index (χ2n) is 10.3. The summed E-state index contributed by atoms with van der Waals surface area (Å²) in [6.45, 7) is 7.01. The van der Waals surface area contributed by atoms with Gasteiger partial charge in [-0.3, -0.25) is 13.9 Å². The number of hydrogen-bond donors (Lipinski definition) is 1. The largest absolute Gasteiger partial charge is 0.497 e. The number of hydrogen-bond acceptors (Lipinski definition) is 5. The van der Waals surface area contributed by atoms with Crippen LogP contribution in [0.25, 0.3) is 0 Å². The summed E-state index contributed by atoms with van der Waals surface area (Å²) < 4.78 is 34.8. The first-order valence-electron chi connectivity index (χ1n) is 12.9. The molecule has 40 heavy (non-hydrogen) atoms. The first-order chi connectivity index (χ1) is 18.9. The van der Waals surface area contributed by atoms with Crippen LogP contribution in [0.15, 0.2) is 88.2 Å². The van der Waals surface area contributed by atoms with Gasteiger partial charge >= 0.3 is 0 Å². The lowest BCUT2D eigenvalue weighted by Gasteiger charge is -2.34. The minimum absolute atomic E-state index is 0.0552. The van der Waals surface area contributed by atoms with E-state index in [1.54, 1.807) is 67.8 Å². The van der Waals surface area contributed by atoms with Crippen molar-refractivity contribution >= 4 is 43.5 Å². The Kier molecular flexibility index (Phi) is 10.4. The number of methoxy groups -OCH3 is 1. The zero-order chi connectivity index (χ0) is 29.5. The van der Waals surface area contributed by atoms with E-state index in [2.05, 4.69) is 21.2 Å². The van der Waals surface area contributed by atoms with Crippen molar-refractivity contribution in [3.63, 3.8) is 0 Å². The third-order valence-corrected chi connectivity index (χ3v) is 8.36. The van der Waals surface area contributed by atoms with Crippen LogP contribution in [0.1, 0.15) is 39.7 Å². The molecule has 0 bridgehead atoms. The molecule has 3 rings (SSSR count). The second-order valence-corrected chi connectivity index (χ2v) is 13.1. The smallest absolute Gasteiger partial charge is 0.264 e. The molecule has 214 valence electrons. The van der Waals surface area contributed by atoms with Crippen LogP contribution in [0.2, 0.25) is 0 Å². The topological polar surface area (TPSA) is 96.0 Å². The van der Waals surface area contributed by atoms with Gasteiger partial charge in [-0.05, 0) is 75.2 Å². The summed E-state index contributed by atoms with van der Waals surface area (Å²) in [5.41, 5.74) is 0.545. The molecule has 0 aliphatic carbocycles. The van der Waals surface area contributed by atoms with Gasteiger partial charge in [-0.2, -0.15) is 0 Å². The standard InChI is InChI=1S/C30H36BrN3O5S/c1-6-27(29(36)32-30(2,3)4)33(20-22-12-10-15-25(18-22)39-5)28(35)21-34(24-14-11-13-23(31)19-24)40(37,38)26-16-8-7-9-17-26/h7-19,27H,6,20-21H2,1-5H3,(H,32,36)/t27-/m0/s1. The molecule has 0 spiro atoms. The monoisotopic (exact) mass is 629 g/mol. The average Bonchev–Trinajstić information content (AvgIpc) is 2.91. The molecule has 0 fully saturated rings. The summed E-state index contributed by atoms with van der Waals surface area (Å²) in [6, 6.07) is 21.1. The number of anilines is 1. The van der Waals surface area contributed by atoms with Gasteiger partial charge in [-0.25, -0.2) is 8.42 Å². The van der Waals surface area contributed by atoms with Crippen molar-refractivity contribution in [1.29, 1.82) is 0 Å². The van der Waals surface area contributed by atoms with Gasteiger partial charge in [0.15, 0.2) is 0 Å². The predicted molar refractivity (Wildman–Crippen MR) is 161 cm³/mol. The van der Waals surface area contributed by atoms with E-state index < -0.39 is 34.1 Å². The number of halogens is 1. The molecular weight excluding hydrogens is 594 g/mol. The lowest BCUT2D eigenvalue weighted by Crippen LogP contribution is -2.55. The van der Waals surface area contributed by atoms with Gasteiger partial charge in [0.05, 0.1) is 17.7 Å². The van der Waals surface area contributed by atoms with E-state index in [0.717, 1.165) is 9.87 Å². The van der Waals surface area contributed by atoms with Crippen molar-refractivity contribution in [1.82, 2.24) is 10.2 Å². The van der Waals surface area contributed by atoms with E-state index in [-0.39, 0.29) is 17.3 Å². The highest BCUT2D eigenvalue weighted by atomic mass is 79.9. The SMILES string of the molecule is CC[C@@H](C(=O)NC(C)(C)C)N(Cc1cccc(OC)c1)C(=O)CN(c1cccc(Br)c1)S(=O)(=O)c1ccccc1. The molecule has 10 heteroatoms. The fraction of sp³-hybridized carbons (Fsp3) is 0.333. The number of carbonyl (C=O) groups excluding carboxylic acids is 2. The maximum Gasteiger partial charge on any atom is 0.264 e. The average molecular weight is 631 g/mol. The summed E-state index contributed by atoms with van der Waals surface area (Å²) >= 11 is 3.41. The summed E-state index contributed by atoms with van der Waals surface area (Å²) in [4.78, 5) is 29.0. The van der Waals surface area contributed by atoms with Crippen molar-refractivity contribution in [2.45, 2.75) is 57.1 Å². The maximum absolute atomic E-state index is 14.1. The Morgan fingerprint density at radius 2 is 1.65 bits per heavy atom. The number of amides is 2. The van der Waals surface area contributed by atoms with Crippen LogP contribution in [-0.4, -0.2) is 50.4 Å². The van der Waals surface area contributed by atoms with Crippen molar-refractivity contribution < 1.29 is 22.7 Å². The van der Waals surface area contributed by atoms with Gasteiger partial charge in [-0.15, -0.1) is 0 Å². The van der Waals surface area contributed by atoms with Crippen LogP contribution >= 0.6 is 15.9 Å². The van der Waals surface area contributed by atoms with Gasteiger partial charge in [0.1, 0.15) is 18.3 Å². The molecule has 8 nitrogen and oxygen atoms in total. The minimum Gasteiger partial charge on any atom is -0.497 e. The van der Waals surface area contributed by atoms with Crippen LogP contribution in [-0.2, 0) is 26.2 Å². The highest BCUT2D eigenvalue weighted by Gasteiger charge is 2.34. The fourth-order valence-electron chi connectivity index (χ4n) is 4.22. The van der Waals surface area contributed by atoms with E-state index in [1.165, 1.54) is 17.0 Å². The first kappa shape index (κ1) is 31.2. The number of carbonyl (C=O) groups is 2. The second kappa shape index (κ2) is 13.3. The zero-order valence-electron chi connectivity index (χ0n) is 23.4. The Bertz CT molecular complexity index is 1420. The van der Waals surface area contributed by atoms with E-state index in [0.29, 0.717) is 22.3 Å². The number of sulfonamides is 1. The van der Waals surface area contributed by atoms with Crippen LogP contribution in [0.3, 0.4) is 0 Å². The molecule has 3 aromatic carbocycles. The van der Waals surface area contributed by atoms with Gasteiger partial charge < -0.3 is 15.0 Å². The number of nitrogens with one attached hydrogen (secondary N) is 1. The van der Waals surface area contributed by atoms with Crippen LogP contribution in [0.5, 0.6) is 5.75 Å². The van der Waals surface area contributed by atoms with Crippen molar-refractivity contribution in [3.8, 4) is 5.75 Å². The molecule has 0 heterocycles. The summed E-state index contributed by atoms with van der Waals surface area (Å²) in [5.74, 6) is -0.219. The Labute approximate surface area is 245 Å². The molecule has 0 aromatic heterocycles. The lowest BCUT2D eigenvalue weighted by atomic mass is 10.1. The van der Waals surface area contributed by atoms with E-state index in [1.807, 2.05) is 33.8 Å². The number of ether oxygens (including phenoxy) is 1. The summed E-state index contributed by atoms with van der Waals surface area (Å²) in [7, 11) is -2.57. The fourth-order valence-corrected chi connectivity index (χ4v) is 6.03. The molecule has 2 amide bonds. The van der Waals surface area contributed by atoms with Crippen LogP contribution < -0.4 is 14.4 Å². The molecule has 1 N–H and O–H groups in total. The molecule has 3 aromatic rings. The van der Waals surface area contributed by atoms with E-state index in [4.69, 9.17) is 4.74 Å². The number of benzene rings is 3. The molecule has 0 radical (unpaired) electrons. The summed E-state index contributed by atoms with van der Waals surface area (Å²) in [6.07, 6.45) is 0.333. The Balaban J connectivity index is 2.07. The lowest BCUT2D eigenvalue weighted by molar-refractivity contribution is -0.141. The Morgan fingerprint density at radius 3 is 2.25 bits per heavy atom. The van der Waals surface area contributed by atoms with Gasteiger partial charge in [0, 0.05) is 16.6 Å². The molecular formula is C30H36BrN3O5S. The van der Waals surface area contributed by atoms with Crippen molar-refractivity contribution in [3.05, 3.63) is 88.9 Å². The minimum atomic E-state index is -4.12. The third-order valence-electron chi connectivity index (χ3n) is 6.08. The van der Waals surface area contributed by atoms with Gasteiger partial charge in [0.2, 0.25) is 11.8 Å². The molecule has 0 saturated carbocycles. The van der Waals surface area contributed by atoms with Crippen LogP contribution in [0, 0.1) is 0 Å². The predicted octanol–water partition coefficient (Wildman–Crippen LogP) is 5.38. The third kappa shape index (κ3) is 8.08. The van der Waals surface area contributed by atoms with Gasteiger partial charge in [0.25, 0.3) is 10.0 Å². The molecule has 1 atom stereocenters. The van der Waals surface area contributed by atoms with Crippen LogP contribution in [0.4, 0.5) is 5.69 Å².